The van der Waals surface area contributed by atoms with Crippen LogP contribution in [0.3, 0.4) is 0 Å². The normalized spacial score (nSPS) is 10.7. The molecular weight excluding hydrogens is 310 g/mol. The second-order valence-corrected chi connectivity index (χ2v) is 5.09. The van der Waals surface area contributed by atoms with E-state index in [4.69, 9.17) is 12.2 Å². The number of H-pyrrole nitrogens is 1. The first kappa shape index (κ1) is 11.5. The molecule has 0 atom stereocenters. The number of aromatic amines is 1. The molecule has 1 aromatic carbocycles. The number of rotatable bonds is 1. The van der Waals surface area contributed by atoms with Gasteiger partial charge in [-0.05, 0) is 34.1 Å². The molecule has 0 radical (unpaired) electrons. The van der Waals surface area contributed by atoms with Crippen molar-refractivity contribution < 1.29 is 0 Å². The minimum absolute atomic E-state index is 0.641. The van der Waals surface area contributed by atoms with E-state index >= 15 is 0 Å². The fourth-order valence-electron chi connectivity index (χ4n) is 1.75. The lowest BCUT2D eigenvalue weighted by Gasteiger charge is -2.05. The number of fused-ring (bicyclic) bond motifs is 1. The molecule has 3 nitrogen and oxygen atoms in total. The zero-order chi connectivity index (χ0) is 12.5. The topological polar surface area (TPSA) is 41.6 Å². The average molecular weight is 318 g/mol. The summed E-state index contributed by atoms with van der Waals surface area (Å²) >= 11 is 8.62. The van der Waals surface area contributed by atoms with Crippen LogP contribution in [-0.4, -0.2) is 15.0 Å². The van der Waals surface area contributed by atoms with E-state index in [1.165, 1.54) is 0 Å². The lowest BCUT2D eigenvalue weighted by atomic mass is 10.2. The Bertz CT molecular complexity index is 782. The summed E-state index contributed by atoms with van der Waals surface area (Å²) in [6, 6.07) is 11.7. The smallest absolute Gasteiger partial charge is 0.158 e. The van der Waals surface area contributed by atoms with E-state index in [1.54, 1.807) is 12.3 Å². The maximum absolute atomic E-state index is 5.10. The predicted octanol–water partition coefficient (Wildman–Crippen LogP) is 4.12. The fraction of sp³-hybridized carbons (Fsp3) is 0. The Morgan fingerprint density at radius 3 is 2.83 bits per heavy atom. The Morgan fingerprint density at radius 1 is 1.17 bits per heavy atom. The Morgan fingerprint density at radius 2 is 2.00 bits per heavy atom. The van der Waals surface area contributed by atoms with Gasteiger partial charge < -0.3 is 4.98 Å². The lowest BCUT2D eigenvalue weighted by Crippen LogP contribution is -1.93. The van der Waals surface area contributed by atoms with Gasteiger partial charge >= 0.3 is 0 Å². The van der Waals surface area contributed by atoms with Crippen LogP contribution in [0.25, 0.3) is 22.4 Å². The second-order valence-electron chi connectivity index (χ2n) is 3.79. The van der Waals surface area contributed by atoms with E-state index in [1.807, 2.05) is 30.3 Å². The largest absolute Gasteiger partial charge is 0.329 e. The first-order valence-corrected chi connectivity index (χ1v) is 6.55. The Balaban J connectivity index is 2.29. The van der Waals surface area contributed by atoms with E-state index in [0.29, 0.717) is 10.5 Å². The monoisotopic (exact) mass is 317 g/mol. The zero-order valence-corrected chi connectivity index (χ0v) is 11.6. The van der Waals surface area contributed by atoms with Gasteiger partial charge in [-0.25, -0.2) is 9.97 Å². The summed E-state index contributed by atoms with van der Waals surface area (Å²) < 4.78 is 1.53. The van der Waals surface area contributed by atoms with Crippen molar-refractivity contribution >= 4 is 39.1 Å². The molecule has 1 N–H and O–H groups in total. The van der Waals surface area contributed by atoms with Gasteiger partial charge in [-0.15, -0.1) is 0 Å². The molecule has 0 unspecified atom stereocenters. The molecule has 0 saturated heterocycles. The van der Waals surface area contributed by atoms with Crippen molar-refractivity contribution in [1.29, 1.82) is 0 Å². The van der Waals surface area contributed by atoms with Crippen molar-refractivity contribution in [3.8, 4) is 11.5 Å². The van der Waals surface area contributed by atoms with E-state index in [9.17, 15) is 0 Å². The lowest BCUT2D eigenvalue weighted by molar-refractivity contribution is 1.13. The van der Waals surface area contributed by atoms with Gasteiger partial charge in [0.2, 0.25) is 0 Å². The molecule has 18 heavy (non-hydrogen) atoms. The summed E-state index contributed by atoms with van der Waals surface area (Å²) in [4.78, 5) is 11.9. The van der Waals surface area contributed by atoms with Crippen LogP contribution >= 0.6 is 28.1 Å². The summed E-state index contributed by atoms with van der Waals surface area (Å²) in [5.41, 5.74) is 1.70. The average Bonchev–Trinajstić information content (AvgIpc) is 2.38. The van der Waals surface area contributed by atoms with Crippen LogP contribution in [0, 0.1) is 4.64 Å². The quantitative estimate of drug-likeness (QED) is 0.686. The maximum Gasteiger partial charge on any atom is 0.158 e. The van der Waals surface area contributed by atoms with E-state index < -0.39 is 0 Å². The van der Waals surface area contributed by atoms with Gasteiger partial charge in [-0.2, -0.15) is 0 Å². The van der Waals surface area contributed by atoms with Crippen molar-refractivity contribution in [3.05, 3.63) is 51.7 Å². The molecule has 0 aliphatic carbocycles. The fourth-order valence-corrected chi connectivity index (χ4v) is 2.43. The van der Waals surface area contributed by atoms with Gasteiger partial charge in [0, 0.05) is 16.1 Å². The first-order valence-electron chi connectivity index (χ1n) is 5.35. The highest BCUT2D eigenvalue weighted by Crippen LogP contribution is 2.27. The number of hydrogen-bond acceptors (Lipinski definition) is 3. The minimum Gasteiger partial charge on any atom is -0.329 e. The number of pyridine rings is 1. The van der Waals surface area contributed by atoms with Gasteiger partial charge in [0.1, 0.15) is 10.3 Å². The molecule has 2 heterocycles. The number of halogens is 1. The van der Waals surface area contributed by atoms with E-state index in [-0.39, 0.29) is 0 Å². The third-order valence-corrected chi connectivity index (χ3v) is 3.42. The third kappa shape index (κ3) is 2.07. The summed E-state index contributed by atoms with van der Waals surface area (Å²) in [6.07, 6.45) is 1.68. The summed E-state index contributed by atoms with van der Waals surface area (Å²) in [5, 5.41) is 1.09. The molecule has 0 aliphatic rings. The molecule has 88 valence electrons. The molecule has 3 rings (SSSR count). The Hall–Kier alpha value is -1.59. The van der Waals surface area contributed by atoms with E-state index in [2.05, 4.69) is 30.9 Å². The van der Waals surface area contributed by atoms with Crippen LogP contribution in [-0.2, 0) is 0 Å². The van der Waals surface area contributed by atoms with Gasteiger partial charge in [0.25, 0.3) is 0 Å². The Labute approximate surface area is 117 Å². The van der Waals surface area contributed by atoms with Crippen molar-refractivity contribution in [2.45, 2.75) is 0 Å². The summed E-state index contributed by atoms with van der Waals surface area (Å²) in [7, 11) is 0. The molecule has 2 aromatic heterocycles. The number of hydrogen-bond donors (Lipinski definition) is 1. The Kier molecular flexibility index (Phi) is 2.93. The molecule has 0 amide bonds. The number of para-hydroxylation sites is 1. The van der Waals surface area contributed by atoms with Crippen LogP contribution < -0.4 is 0 Å². The highest BCUT2D eigenvalue weighted by molar-refractivity contribution is 9.10. The number of nitrogens with zero attached hydrogens (tertiary/aromatic N) is 2. The minimum atomic E-state index is 0.641. The van der Waals surface area contributed by atoms with Gasteiger partial charge in [-0.1, -0.05) is 30.4 Å². The zero-order valence-electron chi connectivity index (χ0n) is 9.22. The maximum atomic E-state index is 5.10. The van der Waals surface area contributed by atoms with Crippen LogP contribution in [0.5, 0.6) is 0 Å². The summed E-state index contributed by atoms with van der Waals surface area (Å²) in [6.45, 7) is 0. The van der Waals surface area contributed by atoms with Crippen LogP contribution in [0.1, 0.15) is 0 Å². The molecule has 5 heteroatoms. The molecule has 0 bridgehead atoms. The van der Waals surface area contributed by atoms with Crippen molar-refractivity contribution in [2.24, 2.45) is 0 Å². The number of nitrogens with one attached hydrogen (secondary N) is 1. The van der Waals surface area contributed by atoms with Crippen LogP contribution in [0.2, 0.25) is 0 Å². The standard InChI is InChI=1S/C13H8BrN3S/c14-9-7-8-3-1-2-4-10(8)16-12(9)13-15-6-5-11(18)17-13/h1-7H,(H,15,17,18). The van der Waals surface area contributed by atoms with Crippen LogP contribution in [0.15, 0.2) is 47.1 Å². The number of aromatic nitrogens is 3. The van der Waals surface area contributed by atoms with Crippen molar-refractivity contribution in [1.82, 2.24) is 15.0 Å². The van der Waals surface area contributed by atoms with Crippen LogP contribution in [0.4, 0.5) is 0 Å². The SMILES string of the molecule is S=c1ccnc(-c2nc3ccccc3cc2Br)[nH]1. The van der Waals surface area contributed by atoms with E-state index in [0.717, 1.165) is 21.1 Å². The molecular formula is C13H8BrN3S. The molecule has 0 fully saturated rings. The highest BCUT2D eigenvalue weighted by Gasteiger charge is 2.08. The molecule has 3 aromatic rings. The van der Waals surface area contributed by atoms with Crippen molar-refractivity contribution in [3.63, 3.8) is 0 Å². The molecule has 0 spiro atoms. The molecule has 0 saturated carbocycles. The first-order chi connectivity index (χ1) is 8.74. The second kappa shape index (κ2) is 4.59. The summed E-state index contributed by atoms with van der Waals surface area (Å²) in [5.74, 6) is 0.667. The van der Waals surface area contributed by atoms with Gasteiger partial charge in [-0.3, -0.25) is 0 Å². The highest BCUT2D eigenvalue weighted by atomic mass is 79.9. The third-order valence-electron chi connectivity index (χ3n) is 2.57. The number of benzene rings is 1. The van der Waals surface area contributed by atoms with Gasteiger partial charge in [0.15, 0.2) is 5.82 Å². The van der Waals surface area contributed by atoms with Crippen molar-refractivity contribution in [2.75, 3.05) is 0 Å². The molecule has 0 aliphatic heterocycles. The predicted molar refractivity (Wildman–Crippen MR) is 77.9 cm³/mol. The van der Waals surface area contributed by atoms with Gasteiger partial charge in [0.05, 0.1) is 5.52 Å².